The largest absolute Gasteiger partial charge is 0.465 e. The number of halogens is 1. The molecule has 1 aromatic rings. The number of hydrogen-bond donors (Lipinski definition) is 1. The lowest BCUT2D eigenvalue weighted by Gasteiger charge is -2.36. The fourth-order valence-electron chi connectivity index (χ4n) is 3.19. The average molecular weight is 370 g/mol. The molecule has 2 rings (SSSR count). The van der Waals surface area contributed by atoms with Crippen LogP contribution in [0.15, 0.2) is 18.2 Å². The minimum atomic E-state index is -0.934. The predicted octanol–water partition coefficient (Wildman–Crippen LogP) is 3.66. The Hall–Kier alpha value is -1.79. The maximum absolute atomic E-state index is 11.7. The van der Waals surface area contributed by atoms with Crippen LogP contribution in [0.5, 0.6) is 0 Å². The number of carboxylic acid groups (broad SMARTS) is 1. The molecule has 0 spiro atoms. The Kier molecular flexibility index (Phi) is 7.08. The van der Waals surface area contributed by atoms with Crippen LogP contribution in [0.1, 0.15) is 37.0 Å². The summed E-state index contributed by atoms with van der Waals surface area (Å²) in [7, 11) is 0. The summed E-state index contributed by atoms with van der Waals surface area (Å²) in [4.78, 5) is 24.4. The minimum absolute atomic E-state index is 0.0450. The molecule has 1 N–H and O–H groups in total. The van der Waals surface area contributed by atoms with Crippen LogP contribution in [-0.2, 0) is 14.3 Å². The van der Waals surface area contributed by atoms with Gasteiger partial charge in [0, 0.05) is 24.0 Å². The lowest BCUT2D eigenvalue weighted by Crippen LogP contribution is -2.41. The number of amides is 1. The maximum atomic E-state index is 11.7. The predicted molar refractivity (Wildman–Crippen MR) is 93.8 cm³/mol. The summed E-state index contributed by atoms with van der Waals surface area (Å²) in [5, 5.41) is 9.86. The number of hydrogen-bond acceptors (Lipinski definition) is 4. The van der Waals surface area contributed by atoms with Crippen LogP contribution in [0.4, 0.5) is 4.79 Å². The van der Waals surface area contributed by atoms with Crippen molar-refractivity contribution in [3.05, 3.63) is 34.3 Å². The number of carbonyl (C=O) groups is 2. The molecule has 1 aromatic carbocycles. The summed E-state index contributed by atoms with van der Waals surface area (Å²) in [5.41, 5.74) is 1.87. The van der Waals surface area contributed by atoms with Gasteiger partial charge in [-0.1, -0.05) is 17.7 Å². The van der Waals surface area contributed by atoms with E-state index in [-0.39, 0.29) is 12.5 Å². The summed E-state index contributed by atoms with van der Waals surface area (Å²) >= 11 is 6.14. The van der Waals surface area contributed by atoms with Gasteiger partial charge in [0.15, 0.2) is 0 Å². The van der Waals surface area contributed by atoms with Gasteiger partial charge >= 0.3 is 12.1 Å². The third-order valence-corrected chi connectivity index (χ3v) is 4.63. The summed E-state index contributed by atoms with van der Waals surface area (Å²) in [6, 6.07) is 5.52. The Morgan fingerprint density at radius 1 is 1.44 bits per heavy atom. The Morgan fingerprint density at radius 3 is 2.88 bits per heavy atom. The van der Waals surface area contributed by atoms with Crippen LogP contribution in [0.3, 0.4) is 0 Å². The molecule has 1 amide bonds. The Balaban J connectivity index is 2.23. The summed E-state index contributed by atoms with van der Waals surface area (Å²) in [6.07, 6.45) is 0.237. The second-order valence-corrected chi connectivity index (χ2v) is 6.60. The average Bonchev–Trinajstić information content (AvgIpc) is 2.58. The smallest absolute Gasteiger partial charge is 0.407 e. The van der Waals surface area contributed by atoms with Crippen molar-refractivity contribution in [3.63, 3.8) is 0 Å². The normalized spacial score (nSPS) is 18.7. The molecule has 1 saturated heterocycles. The highest BCUT2D eigenvalue weighted by Crippen LogP contribution is 2.35. The quantitative estimate of drug-likeness (QED) is 0.774. The van der Waals surface area contributed by atoms with E-state index >= 15 is 0 Å². The number of rotatable bonds is 6. The molecule has 0 aliphatic carbocycles. The van der Waals surface area contributed by atoms with E-state index in [1.807, 2.05) is 19.1 Å². The van der Waals surface area contributed by atoms with E-state index in [0.29, 0.717) is 24.7 Å². The van der Waals surface area contributed by atoms with E-state index in [0.717, 1.165) is 24.0 Å². The van der Waals surface area contributed by atoms with Gasteiger partial charge in [-0.3, -0.25) is 0 Å². The van der Waals surface area contributed by atoms with E-state index in [1.165, 1.54) is 4.90 Å². The SMILES string of the molecule is CCOC(=O)COC(c1cc(Cl)ccc1C)C1CCCN(C(=O)O)C1. The second-order valence-electron chi connectivity index (χ2n) is 6.17. The first-order chi connectivity index (χ1) is 11.9. The van der Waals surface area contributed by atoms with Crippen LogP contribution in [0, 0.1) is 12.8 Å². The molecule has 2 atom stereocenters. The summed E-state index contributed by atoms with van der Waals surface area (Å²) in [5.74, 6) is -0.477. The molecule has 0 radical (unpaired) electrons. The number of nitrogens with zero attached hydrogens (tertiary/aromatic N) is 1. The molecule has 1 aliphatic heterocycles. The molecule has 2 unspecified atom stereocenters. The van der Waals surface area contributed by atoms with Crippen molar-refractivity contribution >= 4 is 23.7 Å². The molecule has 6 nitrogen and oxygen atoms in total. The van der Waals surface area contributed by atoms with Crippen LogP contribution in [0.2, 0.25) is 5.02 Å². The monoisotopic (exact) mass is 369 g/mol. The van der Waals surface area contributed by atoms with Crippen LogP contribution in [0.25, 0.3) is 0 Å². The van der Waals surface area contributed by atoms with Gasteiger partial charge in [-0.2, -0.15) is 0 Å². The molecule has 0 saturated carbocycles. The number of ether oxygens (including phenoxy) is 2. The van der Waals surface area contributed by atoms with Gasteiger partial charge in [0.2, 0.25) is 0 Å². The Morgan fingerprint density at radius 2 is 2.20 bits per heavy atom. The van der Waals surface area contributed by atoms with Gasteiger partial charge < -0.3 is 19.5 Å². The maximum Gasteiger partial charge on any atom is 0.407 e. The van der Waals surface area contributed by atoms with Crippen LogP contribution < -0.4 is 0 Å². The zero-order valence-electron chi connectivity index (χ0n) is 14.5. The first-order valence-electron chi connectivity index (χ1n) is 8.43. The number of likely N-dealkylation sites (tertiary alicyclic amines) is 1. The molecular weight excluding hydrogens is 346 g/mol. The third kappa shape index (κ3) is 5.34. The van der Waals surface area contributed by atoms with Crippen LogP contribution in [-0.4, -0.2) is 48.4 Å². The van der Waals surface area contributed by atoms with Crippen molar-refractivity contribution in [1.29, 1.82) is 0 Å². The molecule has 0 bridgehead atoms. The topological polar surface area (TPSA) is 76.1 Å². The Labute approximate surface area is 152 Å². The van der Waals surface area contributed by atoms with Crippen molar-refractivity contribution in [2.45, 2.75) is 32.8 Å². The van der Waals surface area contributed by atoms with Crippen molar-refractivity contribution < 1.29 is 24.2 Å². The van der Waals surface area contributed by atoms with Crippen molar-refractivity contribution in [1.82, 2.24) is 4.90 Å². The molecule has 1 aliphatic rings. The molecule has 1 heterocycles. The van der Waals surface area contributed by atoms with Gasteiger partial charge in [0.25, 0.3) is 0 Å². The van der Waals surface area contributed by atoms with E-state index < -0.39 is 18.2 Å². The standard InChI is InChI=1S/C18H24ClNO5/c1-3-24-16(21)11-25-17(15-9-14(19)7-6-12(15)2)13-5-4-8-20(10-13)18(22)23/h6-7,9,13,17H,3-5,8,10-11H2,1-2H3,(H,22,23). The molecular formula is C18H24ClNO5. The van der Waals surface area contributed by atoms with Crippen molar-refractivity contribution in [2.75, 3.05) is 26.3 Å². The van der Waals surface area contributed by atoms with Gasteiger partial charge in [-0.05, 0) is 49.9 Å². The van der Waals surface area contributed by atoms with Gasteiger partial charge in [0.05, 0.1) is 12.7 Å². The highest BCUT2D eigenvalue weighted by atomic mass is 35.5. The fourth-order valence-corrected chi connectivity index (χ4v) is 3.37. The zero-order valence-corrected chi connectivity index (χ0v) is 15.3. The van der Waals surface area contributed by atoms with Crippen molar-refractivity contribution in [2.24, 2.45) is 5.92 Å². The number of benzene rings is 1. The molecule has 25 heavy (non-hydrogen) atoms. The molecule has 0 aromatic heterocycles. The van der Waals surface area contributed by atoms with Gasteiger partial charge in [-0.15, -0.1) is 0 Å². The molecule has 7 heteroatoms. The Bertz CT molecular complexity index is 621. The highest BCUT2D eigenvalue weighted by Gasteiger charge is 2.32. The number of aryl methyl sites for hydroxylation is 1. The zero-order chi connectivity index (χ0) is 18.4. The number of piperidine rings is 1. The summed E-state index contributed by atoms with van der Waals surface area (Å²) in [6.45, 7) is 4.69. The molecule has 138 valence electrons. The van der Waals surface area contributed by atoms with E-state index in [1.54, 1.807) is 13.0 Å². The number of esters is 1. The van der Waals surface area contributed by atoms with Crippen LogP contribution >= 0.6 is 11.6 Å². The first-order valence-corrected chi connectivity index (χ1v) is 8.81. The van der Waals surface area contributed by atoms with Gasteiger partial charge in [-0.25, -0.2) is 9.59 Å². The first kappa shape index (κ1) is 19.5. The van der Waals surface area contributed by atoms with E-state index in [2.05, 4.69) is 0 Å². The van der Waals surface area contributed by atoms with E-state index in [4.69, 9.17) is 21.1 Å². The summed E-state index contributed by atoms with van der Waals surface area (Å²) < 4.78 is 10.8. The van der Waals surface area contributed by atoms with Gasteiger partial charge in [0.1, 0.15) is 6.61 Å². The third-order valence-electron chi connectivity index (χ3n) is 4.39. The lowest BCUT2D eigenvalue weighted by molar-refractivity contribution is -0.152. The second kappa shape index (κ2) is 9.06. The minimum Gasteiger partial charge on any atom is -0.465 e. The fraction of sp³-hybridized carbons (Fsp3) is 0.556. The highest BCUT2D eigenvalue weighted by molar-refractivity contribution is 6.30. The number of carbonyl (C=O) groups excluding carboxylic acids is 1. The molecule has 1 fully saturated rings. The van der Waals surface area contributed by atoms with E-state index in [9.17, 15) is 14.7 Å². The lowest BCUT2D eigenvalue weighted by atomic mass is 9.87. The van der Waals surface area contributed by atoms with Crippen molar-refractivity contribution in [3.8, 4) is 0 Å².